The summed E-state index contributed by atoms with van der Waals surface area (Å²) < 4.78 is 16.8. The molecule has 0 aromatic heterocycles. The summed E-state index contributed by atoms with van der Waals surface area (Å²) in [5, 5.41) is 0. The normalized spacial score (nSPS) is 12.6. The highest BCUT2D eigenvalue weighted by Crippen LogP contribution is 2.17. The third-order valence-electron chi connectivity index (χ3n) is 13.9. The molecule has 0 saturated heterocycles. The molecule has 6 nitrogen and oxygen atoms in total. The number of hydrogen-bond acceptors (Lipinski definition) is 6. The van der Waals surface area contributed by atoms with Crippen molar-refractivity contribution in [3.63, 3.8) is 0 Å². The van der Waals surface area contributed by atoms with Crippen LogP contribution < -0.4 is 0 Å². The predicted molar refractivity (Wildman–Crippen MR) is 325 cm³/mol. The Morgan fingerprint density at radius 2 is 0.520 bits per heavy atom. The van der Waals surface area contributed by atoms with Gasteiger partial charge in [-0.15, -0.1) is 0 Å². The Kier molecular flexibility index (Phi) is 60.3. The van der Waals surface area contributed by atoms with E-state index in [4.69, 9.17) is 14.2 Å². The van der Waals surface area contributed by atoms with Gasteiger partial charge in [-0.1, -0.05) is 286 Å². The van der Waals surface area contributed by atoms with E-state index in [9.17, 15) is 14.4 Å². The molecule has 0 aromatic rings. The average Bonchev–Trinajstić information content (AvgIpc) is 3.41. The van der Waals surface area contributed by atoms with Crippen molar-refractivity contribution in [3.05, 3.63) is 85.1 Å². The zero-order chi connectivity index (χ0) is 54.3. The highest BCUT2D eigenvalue weighted by molar-refractivity contribution is 5.71. The number of hydrogen-bond donors (Lipinski definition) is 0. The predicted octanol–water partition coefficient (Wildman–Crippen LogP) is 21.9. The first-order valence-corrected chi connectivity index (χ1v) is 32.1. The molecule has 75 heavy (non-hydrogen) atoms. The lowest BCUT2D eigenvalue weighted by atomic mass is 10.0. The minimum absolute atomic E-state index is 0.0745. The molecule has 0 fully saturated rings. The van der Waals surface area contributed by atoms with E-state index in [0.717, 1.165) is 103 Å². The van der Waals surface area contributed by atoms with Gasteiger partial charge in [-0.05, 0) is 96.3 Å². The van der Waals surface area contributed by atoms with Crippen molar-refractivity contribution in [3.8, 4) is 0 Å². The topological polar surface area (TPSA) is 78.9 Å². The second-order valence-corrected chi connectivity index (χ2v) is 21.3. The van der Waals surface area contributed by atoms with E-state index in [0.29, 0.717) is 19.3 Å². The van der Waals surface area contributed by atoms with Crippen molar-refractivity contribution >= 4 is 17.9 Å². The SMILES string of the molecule is CC/C=C\C/C=C\C/C=C\C/C=C\C/C=C\C/C=C\CCCCCCCCCCCCCCCCCCC(=O)OCC(COC(=O)CCCCCCC)OC(=O)CCCCCCCCC/C=C\CCCCCCCC. The molecule has 432 valence electrons. The smallest absolute Gasteiger partial charge is 0.306 e. The molecule has 0 bridgehead atoms. The summed E-state index contributed by atoms with van der Waals surface area (Å²) in [4.78, 5) is 37.9. The Hall–Kier alpha value is -3.41. The third kappa shape index (κ3) is 61.3. The standard InChI is InChI=1S/C69H120O6/c1-4-7-10-13-15-17-19-21-23-25-26-27-28-29-30-31-32-33-34-35-36-37-38-39-40-41-42-44-45-47-49-51-53-56-59-62-68(71)74-65-66(64-73-67(70)61-58-55-12-9-6-3)75-69(72)63-60-57-54-52-50-48-46-43-24-22-20-18-16-14-11-8-5-2/h7,10,15,17,21-24,26-27,29-30,32-33,66H,4-6,8-9,11-14,16,18-20,25,28,31,34-65H2,1-3H3/b10-7-,17-15-,23-21-,24-22-,27-26-,30-29-,33-32-. The van der Waals surface area contributed by atoms with Gasteiger partial charge in [0.2, 0.25) is 0 Å². The van der Waals surface area contributed by atoms with Crippen LogP contribution in [0.15, 0.2) is 85.1 Å². The van der Waals surface area contributed by atoms with Crippen LogP contribution in [-0.2, 0) is 28.6 Å². The molecular formula is C69H120O6. The van der Waals surface area contributed by atoms with E-state index in [1.54, 1.807) is 0 Å². The van der Waals surface area contributed by atoms with E-state index >= 15 is 0 Å². The summed E-state index contributed by atoms with van der Waals surface area (Å²) in [5.74, 6) is -0.882. The minimum atomic E-state index is -0.772. The molecule has 0 N–H and O–H groups in total. The van der Waals surface area contributed by atoms with Gasteiger partial charge >= 0.3 is 17.9 Å². The molecule has 0 aliphatic carbocycles. The summed E-state index contributed by atoms with van der Waals surface area (Å²) in [6.45, 7) is 6.46. The molecule has 1 atom stereocenters. The molecule has 1 unspecified atom stereocenters. The summed E-state index contributed by atoms with van der Waals surface area (Å²) in [6.07, 6.45) is 83.6. The summed E-state index contributed by atoms with van der Waals surface area (Å²) >= 11 is 0. The van der Waals surface area contributed by atoms with Crippen molar-refractivity contribution < 1.29 is 28.6 Å². The number of carbonyl (C=O) groups is 3. The number of carbonyl (C=O) groups excluding carboxylic acids is 3. The number of esters is 3. The van der Waals surface area contributed by atoms with E-state index in [2.05, 4.69) is 106 Å². The molecule has 0 radical (unpaired) electrons. The van der Waals surface area contributed by atoms with Gasteiger partial charge in [0.25, 0.3) is 0 Å². The monoisotopic (exact) mass is 1040 g/mol. The molecule has 0 aliphatic rings. The second kappa shape index (κ2) is 63.1. The Labute approximate surface area is 465 Å². The molecule has 0 heterocycles. The van der Waals surface area contributed by atoms with Crippen LogP contribution in [0.3, 0.4) is 0 Å². The average molecular weight is 1050 g/mol. The maximum Gasteiger partial charge on any atom is 0.306 e. The van der Waals surface area contributed by atoms with Crippen LogP contribution >= 0.6 is 0 Å². The van der Waals surface area contributed by atoms with Crippen molar-refractivity contribution in [2.45, 2.75) is 322 Å². The van der Waals surface area contributed by atoms with Crippen LogP contribution in [0.2, 0.25) is 0 Å². The summed E-state index contributed by atoms with van der Waals surface area (Å²) in [6, 6.07) is 0. The van der Waals surface area contributed by atoms with Gasteiger partial charge in [-0.3, -0.25) is 14.4 Å². The quantitative estimate of drug-likeness (QED) is 0.0261. The number of rotatable bonds is 58. The Bertz CT molecular complexity index is 1430. The molecular weight excluding hydrogens is 925 g/mol. The van der Waals surface area contributed by atoms with Crippen LogP contribution in [0.4, 0.5) is 0 Å². The Morgan fingerprint density at radius 1 is 0.280 bits per heavy atom. The van der Waals surface area contributed by atoms with Crippen LogP contribution in [-0.4, -0.2) is 37.2 Å². The first-order chi connectivity index (χ1) is 37.0. The number of ether oxygens (including phenoxy) is 3. The zero-order valence-electron chi connectivity index (χ0n) is 49.6. The first kappa shape index (κ1) is 71.6. The van der Waals surface area contributed by atoms with E-state index in [-0.39, 0.29) is 31.1 Å². The molecule has 0 rings (SSSR count). The van der Waals surface area contributed by atoms with Crippen LogP contribution in [0.25, 0.3) is 0 Å². The zero-order valence-corrected chi connectivity index (χ0v) is 49.6. The van der Waals surface area contributed by atoms with Gasteiger partial charge in [0, 0.05) is 19.3 Å². The Morgan fingerprint density at radius 3 is 0.827 bits per heavy atom. The minimum Gasteiger partial charge on any atom is -0.462 e. The molecule has 0 amide bonds. The summed E-state index contributed by atoms with van der Waals surface area (Å²) in [5.41, 5.74) is 0. The van der Waals surface area contributed by atoms with Crippen LogP contribution in [0, 0.1) is 0 Å². The van der Waals surface area contributed by atoms with Gasteiger partial charge < -0.3 is 14.2 Å². The van der Waals surface area contributed by atoms with Gasteiger partial charge in [0.1, 0.15) is 13.2 Å². The lowest BCUT2D eigenvalue weighted by molar-refractivity contribution is -0.167. The van der Waals surface area contributed by atoms with E-state index in [1.165, 1.54) is 173 Å². The fourth-order valence-corrected chi connectivity index (χ4v) is 9.09. The third-order valence-corrected chi connectivity index (χ3v) is 13.9. The molecule has 0 saturated carbocycles. The number of unbranched alkanes of at least 4 members (excludes halogenated alkanes) is 33. The molecule has 0 aliphatic heterocycles. The lowest BCUT2D eigenvalue weighted by Crippen LogP contribution is -2.30. The van der Waals surface area contributed by atoms with Gasteiger partial charge in [0.15, 0.2) is 6.10 Å². The van der Waals surface area contributed by atoms with Crippen molar-refractivity contribution in [1.82, 2.24) is 0 Å². The lowest BCUT2D eigenvalue weighted by Gasteiger charge is -2.18. The van der Waals surface area contributed by atoms with Gasteiger partial charge in [-0.2, -0.15) is 0 Å². The first-order valence-electron chi connectivity index (χ1n) is 32.1. The van der Waals surface area contributed by atoms with Crippen LogP contribution in [0.5, 0.6) is 0 Å². The largest absolute Gasteiger partial charge is 0.462 e. The van der Waals surface area contributed by atoms with Crippen molar-refractivity contribution in [1.29, 1.82) is 0 Å². The summed E-state index contributed by atoms with van der Waals surface area (Å²) in [7, 11) is 0. The molecule has 0 aromatic carbocycles. The van der Waals surface area contributed by atoms with E-state index in [1.807, 2.05) is 0 Å². The highest BCUT2D eigenvalue weighted by Gasteiger charge is 2.19. The maximum absolute atomic E-state index is 12.8. The van der Waals surface area contributed by atoms with Crippen LogP contribution in [0.1, 0.15) is 316 Å². The highest BCUT2D eigenvalue weighted by atomic mass is 16.6. The van der Waals surface area contributed by atoms with Crippen molar-refractivity contribution in [2.75, 3.05) is 13.2 Å². The second-order valence-electron chi connectivity index (χ2n) is 21.3. The van der Waals surface area contributed by atoms with Gasteiger partial charge in [0.05, 0.1) is 0 Å². The number of allylic oxidation sites excluding steroid dienone is 14. The Balaban J connectivity index is 3.94. The molecule has 0 spiro atoms. The molecule has 6 heteroatoms. The fraction of sp³-hybridized carbons (Fsp3) is 0.754. The fourth-order valence-electron chi connectivity index (χ4n) is 9.09. The van der Waals surface area contributed by atoms with Crippen molar-refractivity contribution in [2.24, 2.45) is 0 Å². The maximum atomic E-state index is 12.8. The van der Waals surface area contributed by atoms with Gasteiger partial charge in [-0.25, -0.2) is 0 Å². The van der Waals surface area contributed by atoms with E-state index < -0.39 is 6.10 Å².